The summed E-state index contributed by atoms with van der Waals surface area (Å²) in [6, 6.07) is 5.84. The van der Waals surface area contributed by atoms with Crippen molar-refractivity contribution in [3.63, 3.8) is 0 Å². The number of ether oxygens (including phenoxy) is 5. The number of rotatable bonds is 8. The number of aryl methyl sites for hydroxylation is 1. The second-order valence-electron chi connectivity index (χ2n) is 7.43. The Labute approximate surface area is 196 Å². The molecule has 2 rings (SSSR count). The molecular weight excluding hydrogens is 476 g/mol. The number of hydrogen-bond acceptors (Lipinski definition) is 12. The first-order chi connectivity index (χ1) is 15.8. The van der Waals surface area contributed by atoms with E-state index in [1.807, 2.05) is 0 Å². The zero-order chi connectivity index (χ0) is 25.6. The van der Waals surface area contributed by atoms with E-state index in [0.29, 0.717) is 0 Å². The van der Waals surface area contributed by atoms with Crippen LogP contribution in [0.15, 0.2) is 29.2 Å². The van der Waals surface area contributed by atoms with Crippen molar-refractivity contribution in [2.75, 3.05) is 6.61 Å². The lowest BCUT2D eigenvalue weighted by molar-refractivity contribution is -0.298. The molecular formula is C21H26O12S. The smallest absolute Gasteiger partial charge is 0.305 e. The number of carbonyl (C=O) groups excluding carboxylic acids is 4. The number of carbonyl (C=O) groups is 4. The maximum absolute atomic E-state index is 12.6. The number of benzene rings is 1. The van der Waals surface area contributed by atoms with Gasteiger partial charge in [-0.1, -0.05) is 17.7 Å². The van der Waals surface area contributed by atoms with Crippen molar-refractivity contribution < 1.29 is 55.5 Å². The summed E-state index contributed by atoms with van der Waals surface area (Å²) in [5, 5.41) is 0. The maximum Gasteiger partial charge on any atom is 0.305 e. The summed E-state index contributed by atoms with van der Waals surface area (Å²) in [7, 11) is -4.26. The van der Waals surface area contributed by atoms with Crippen molar-refractivity contribution in [1.29, 1.82) is 0 Å². The predicted octanol–water partition coefficient (Wildman–Crippen LogP) is 0.783. The normalized spacial score (nSPS) is 24.6. The molecule has 1 aliphatic rings. The predicted molar refractivity (Wildman–Crippen MR) is 111 cm³/mol. The summed E-state index contributed by atoms with van der Waals surface area (Å²) in [5.41, 5.74) is 0.828. The Morgan fingerprint density at radius 1 is 0.765 bits per heavy atom. The molecule has 1 heterocycles. The van der Waals surface area contributed by atoms with Gasteiger partial charge in [0, 0.05) is 27.7 Å². The minimum absolute atomic E-state index is 0.135. The summed E-state index contributed by atoms with van der Waals surface area (Å²) in [5.74, 6) is -3.33. The Balaban J connectivity index is 2.40. The maximum atomic E-state index is 12.6. The van der Waals surface area contributed by atoms with Crippen LogP contribution < -0.4 is 0 Å². The van der Waals surface area contributed by atoms with Crippen molar-refractivity contribution in [3.8, 4) is 0 Å². The molecule has 0 saturated carbocycles. The van der Waals surface area contributed by atoms with Crippen LogP contribution in [0.2, 0.25) is 0 Å². The molecule has 0 aliphatic carbocycles. The monoisotopic (exact) mass is 502 g/mol. The van der Waals surface area contributed by atoms with Crippen LogP contribution in [0.5, 0.6) is 0 Å². The molecule has 34 heavy (non-hydrogen) atoms. The molecule has 1 saturated heterocycles. The number of hydrogen-bond donors (Lipinski definition) is 0. The lowest BCUT2D eigenvalue weighted by Gasteiger charge is -2.43. The first-order valence-corrected chi connectivity index (χ1v) is 11.5. The van der Waals surface area contributed by atoms with Crippen molar-refractivity contribution >= 4 is 34.0 Å². The van der Waals surface area contributed by atoms with Crippen LogP contribution in [0.3, 0.4) is 0 Å². The van der Waals surface area contributed by atoms with E-state index in [-0.39, 0.29) is 4.90 Å². The topological polar surface area (TPSA) is 158 Å². The third-order valence-electron chi connectivity index (χ3n) is 4.48. The molecule has 13 heteroatoms. The van der Waals surface area contributed by atoms with Gasteiger partial charge >= 0.3 is 23.9 Å². The van der Waals surface area contributed by atoms with Crippen molar-refractivity contribution in [3.05, 3.63) is 29.8 Å². The second kappa shape index (κ2) is 11.4. The van der Waals surface area contributed by atoms with Gasteiger partial charge in [-0.15, -0.1) is 0 Å². The van der Waals surface area contributed by atoms with Crippen LogP contribution in [-0.2, 0) is 57.2 Å². The Bertz CT molecular complexity index is 1020. The zero-order valence-electron chi connectivity index (χ0n) is 19.2. The van der Waals surface area contributed by atoms with E-state index in [9.17, 15) is 27.6 Å². The Kier molecular flexibility index (Phi) is 9.13. The molecule has 0 amide bonds. The van der Waals surface area contributed by atoms with E-state index in [1.54, 1.807) is 19.1 Å². The van der Waals surface area contributed by atoms with Crippen LogP contribution >= 0.6 is 0 Å². The molecule has 0 unspecified atom stereocenters. The number of esters is 4. The highest BCUT2D eigenvalue weighted by atomic mass is 32.2. The summed E-state index contributed by atoms with van der Waals surface area (Å²) in [4.78, 5) is 46.6. The van der Waals surface area contributed by atoms with Gasteiger partial charge in [-0.05, 0) is 19.1 Å². The highest BCUT2D eigenvalue weighted by molar-refractivity contribution is 7.86. The zero-order valence-corrected chi connectivity index (χ0v) is 20.0. The van der Waals surface area contributed by atoms with E-state index in [1.165, 1.54) is 12.1 Å². The van der Waals surface area contributed by atoms with Crippen LogP contribution in [0, 0.1) is 6.92 Å². The molecule has 12 nitrogen and oxygen atoms in total. The largest absolute Gasteiger partial charge is 0.456 e. The van der Waals surface area contributed by atoms with Gasteiger partial charge in [-0.3, -0.25) is 23.4 Å². The first kappa shape index (κ1) is 27.2. The van der Waals surface area contributed by atoms with Gasteiger partial charge in [0.1, 0.15) is 6.10 Å². The van der Waals surface area contributed by atoms with E-state index >= 15 is 0 Å². The van der Waals surface area contributed by atoms with Crippen LogP contribution in [0.25, 0.3) is 0 Å². The SMILES string of the molecule is CC(=O)O[C@H]1O[C@@H](COS(=O)(=O)c2ccc(C)cc2)[C@H](OC(C)=O)[C@@H](OC(C)=O)[C@@H]1OC(C)=O. The Morgan fingerprint density at radius 3 is 1.74 bits per heavy atom. The second-order valence-corrected chi connectivity index (χ2v) is 9.04. The Morgan fingerprint density at radius 2 is 1.24 bits per heavy atom. The third kappa shape index (κ3) is 7.50. The minimum Gasteiger partial charge on any atom is -0.456 e. The van der Waals surface area contributed by atoms with Gasteiger partial charge in [0.25, 0.3) is 10.1 Å². The highest BCUT2D eigenvalue weighted by Gasteiger charge is 2.53. The van der Waals surface area contributed by atoms with Crippen LogP contribution in [0.4, 0.5) is 0 Å². The Hall–Kier alpha value is -3.03. The lowest BCUT2D eigenvalue weighted by Crippen LogP contribution is -2.63. The van der Waals surface area contributed by atoms with Gasteiger partial charge < -0.3 is 23.7 Å². The van der Waals surface area contributed by atoms with Gasteiger partial charge in [-0.2, -0.15) is 8.42 Å². The summed E-state index contributed by atoms with van der Waals surface area (Å²) in [6.07, 6.45) is -7.50. The quantitative estimate of drug-likeness (QED) is 0.280. The molecule has 1 fully saturated rings. The van der Waals surface area contributed by atoms with E-state index in [0.717, 1.165) is 33.3 Å². The van der Waals surface area contributed by atoms with Crippen molar-refractivity contribution in [2.24, 2.45) is 0 Å². The average molecular weight is 502 g/mol. The van der Waals surface area contributed by atoms with Gasteiger partial charge in [0.05, 0.1) is 11.5 Å². The van der Waals surface area contributed by atoms with Gasteiger partial charge in [-0.25, -0.2) is 0 Å². The molecule has 0 spiro atoms. The average Bonchev–Trinajstić information content (AvgIpc) is 2.70. The minimum atomic E-state index is -4.26. The molecule has 0 radical (unpaired) electrons. The van der Waals surface area contributed by atoms with Crippen LogP contribution in [0.1, 0.15) is 33.3 Å². The van der Waals surface area contributed by atoms with E-state index in [4.69, 9.17) is 27.9 Å². The van der Waals surface area contributed by atoms with E-state index in [2.05, 4.69) is 0 Å². The van der Waals surface area contributed by atoms with Crippen molar-refractivity contribution in [2.45, 2.75) is 70.2 Å². The molecule has 0 N–H and O–H groups in total. The molecule has 1 aliphatic heterocycles. The van der Waals surface area contributed by atoms with Crippen LogP contribution in [-0.4, -0.2) is 69.6 Å². The fourth-order valence-corrected chi connectivity index (χ4v) is 4.10. The highest BCUT2D eigenvalue weighted by Crippen LogP contribution is 2.30. The van der Waals surface area contributed by atoms with Gasteiger partial charge in [0.15, 0.2) is 12.2 Å². The molecule has 1 aromatic rings. The van der Waals surface area contributed by atoms with Crippen molar-refractivity contribution in [1.82, 2.24) is 0 Å². The molecule has 188 valence electrons. The lowest BCUT2D eigenvalue weighted by atomic mass is 9.98. The fraction of sp³-hybridized carbons (Fsp3) is 0.524. The third-order valence-corrected chi connectivity index (χ3v) is 5.77. The molecule has 5 atom stereocenters. The first-order valence-electron chi connectivity index (χ1n) is 10.1. The fourth-order valence-electron chi connectivity index (χ4n) is 3.18. The molecule has 0 bridgehead atoms. The molecule has 1 aromatic carbocycles. The molecule has 0 aromatic heterocycles. The summed E-state index contributed by atoms with van der Waals surface area (Å²) in [6.45, 7) is 5.29. The van der Waals surface area contributed by atoms with Gasteiger partial charge in [0.2, 0.25) is 12.4 Å². The summed E-state index contributed by atoms with van der Waals surface area (Å²) < 4.78 is 56.6. The van der Waals surface area contributed by atoms with E-state index < -0.39 is 71.3 Å². The standard InChI is InChI=1S/C21H26O12S/c1-11-6-8-16(9-7-11)34(26,27)28-10-17-18(29-12(2)22)19(30-13(3)23)20(31-14(4)24)21(33-17)32-15(5)25/h6-9,17-21H,10H2,1-5H3/t17-,18-,19+,20-,21-/m0/s1. The summed E-state index contributed by atoms with van der Waals surface area (Å²) >= 11 is 0.